The van der Waals surface area contributed by atoms with Crippen LogP contribution in [0.1, 0.15) is 25.0 Å². The van der Waals surface area contributed by atoms with Gasteiger partial charge in [-0.3, -0.25) is 14.7 Å². The molecule has 2 atom stereocenters. The first-order valence-electron chi connectivity index (χ1n) is 7.50. The number of piperidine rings is 1. The first-order valence-corrected chi connectivity index (χ1v) is 7.50. The molecule has 2 N–H and O–H groups in total. The van der Waals surface area contributed by atoms with Crippen molar-refractivity contribution in [3.63, 3.8) is 0 Å². The van der Waals surface area contributed by atoms with Crippen molar-refractivity contribution in [2.24, 2.45) is 0 Å². The number of hydrogen-bond acceptors (Lipinski definition) is 4. The van der Waals surface area contributed by atoms with Crippen molar-refractivity contribution in [3.8, 4) is 0 Å². The van der Waals surface area contributed by atoms with Crippen LogP contribution in [0, 0.1) is 0 Å². The summed E-state index contributed by atoms with van der Waals surface area (Å²) < 4.78 is 36.3. The number of carbonyl (C=O) groups excluding carboxylic acids is 1. The highest BCUT2D eigenvalue weighted by molar-refractivity contribution is 5.76. The van der Waals surface area contributed by atoms with Crippen LogP contribution in [0.5, 0.6) is 0 Å². The Labute approximate surface area is 132 Å². The quantitative estimate of drug-likeness (QED) is 0.858. The van der Waals surface area contributed by atoms with Gasteiger partial charge in [-0.2, -0.15) is 13.2 Å². The third-order valence-corrected chi connectivity index (χ3v) is 3.76. The minimum atomic E-state index is -4.35. The zero-order valence-corrected chi connectivity index (χ0v) is 12.6. The summed E-state index contributed by atoms with van der Waals surface area (Å²) in [5, 5.41) is 12.6. The SMILES string of the molecule is O=C(CCC(F)(F)F)N[C@@H]1CCN(Cc2ccccn2)C[C@H]1O. The number of aromatic nitrogens is 1. The molecule has 0 aromatic carbocycles. The predicted octanol–water partition coefficient (Wildman–Crippen LogP) is 1.48. The van der Waals surface area contributed by atoms with Crippen molar-refractivity contribution in [2.45, 2.75) is 44.1 Å². The normalized spacial score (nSPS) is 22.8. The van der Waals surface area contributed by atoms with Gasteiger partial charge in [0.2, 0.25) is 5.91 Å². The molecule has 8 heteroatoms. The second-order valence-corrected chi connectivity index (χ2v) is 5.70. The lowest BCUT2D eigenvalue weighted by atomic mass is 10.0. The molecule has 128 valence electrons. The van der Waals surface area contributed by atoms with Crippen LogP contribution in [0.25, 0.3) is 0 Å². The van der Waals surface area contributed by atoms with E-state index in [9.17, 15) is 23.1 Å². The average Bonchev–Trinajstić information content (AvgIpc) is 2.48. The van der Waals surface area contributed by atoms with Crippen LogP contribution < -0.4 is 5.32 Å². The summed E-state index contributed by atoms with van der Waals surface area (Å²) in [7, 11) is 0. The molecule has 0 saturated carbocycles. The van der Waals surface area contributed by atoms with E-state index in [-0.39, 0.29) is 0 Å². The van der Waals surface area contributed by atoms with E-state index in [1.807, 2.05) is 23.1 Å². The van der Waals surface area contributed by atoms with Crippen molar-refractivity contribution < 1.29 is 23.1 Å². The van der Waals surface area contributed by atoms with Crippen molar-refractivity contribution in [2.75, 3.05) is 13.1 Å². The zero-order valence-electron chi connectivity index (χ0n) is 12.6. The second-order valence-electron chi connectivity index (χ2n) is 5.70. The Morgan fingerprint density at radius 1 is 1.43 bits per heavy atom. The molecule has 1 aliphatic heterocycles. The van der Waals surface area contributed by atoms with Gasteiger partial charge in [-0.15, -0.1) is 0 Å². The topological polar surface area (TPSA) is 65.5 Å². The number of pyridine rings is 1. The number of nitrogens with zero attached hydrogens (tertiary/aromatic N) is 2. The summed E-state index contributed by atoms with van der Waals surface area (Å²) in [4.78, 5) is 17.7. The van der Waals surface area contributed by atoms with E-state index in [4.69, 9.17) is 0 Å². The predicted molar refractivity (Wildman–Crippen MR) is 77.4 cm³/mol. The maximum atomic E-state index is 12.1. The molecule has 0 spiro atoms. The van der Waals surface area contributed by atoms with Crippen LogP contribution >= 0.6 is 0 Å². The largest absolute Gasteiger partial charge is 0.390 e. The summed E-state index contributed by atoms with van der Waals surface area (Å²) in [5.74, 6) is -0.676. The minimum absolute atomic E-state index is 0.348. The molecule has 0 unspecified atom stereocenters. The van der Waals surface area contributed by atoms with Crippen molar-refractivity contribution in [1.29, 1.82) is 0 Å². The van der Waals surface area contributed by atoms with Crippen molar-refractivity contribution >= 4 is 5.91 Å². The summed E-state index contributed by atoms with van der Waals surface area (Å²) in [6, 6.07) is 5.08. The van der Waals surface area contributed by atoms with E-state index in [1.165, 1.54) is 0 Å². The third-order valence-electron chi connectivity index (χ3n) is 3.76. The third kappa shape index (κ3) is 6.15. The summed E-state index contributed by atoms with van der Waals surface area (Å²) in [6.45, 7) is 1.57. The van der Waals surface area contributed by atoms with Gasteiger partial charge in [-0.25, -0.2) is 0 Å². The van der Waals surface area contributed by atoms with Gasteiger partial charge in [-0.1, -0.05) is 6.07 Å². The van der Waals surface area contributed by atoms with Crippen LogP contribution in [0.4, 0.5) is 13.2 Å². The fourth-order valence-electron chi connectivity index (χ4n) is 2.56. The Balaban J connectivity index is 1.76. The first kappa shape index (κ1) is 17.7. The number of likely N-dealkylation sites (tertiary alicyclic amines) is 1. The number of alkyl halides is 3. The molecular formula is C15H20F3N3O2. The molecule has 23 heavy (non-hydrogen) atoms. The van der Waals surface area contributed by atoms with E-state index in [2.05, 4.69) is 10.3 Å². The summed E-state index contributed by atoms with van der Waals surface area (Å²) >= 11 is 0. The number of carbonyl (C=O) groups is 1. The van der Waals surface area contributed by atoms with Gasteiger partial charge < -0.3 is 10.4 Å². The molecule has 2 rings (SSSR count). The Hall–Kier alpha value is -1.67. The molecule has 1 aromatic heterocycles. The molecule has 0 bridgehead atoms. The van der Waals surface area contributed by atoms with Crippen LogP contribution in [0.3, 0.4) is 0 Å². The standard InChI is InChI=1S/C15H20F3N3O2/c16-15(17,18)6-4-14(23)20-12-5-8-21(10-13(12)22)9-11-3-1-2-7-19-11/h1-3,7,12-13,22H,4-6,8-10H2,(H,20,23)/t12-,13-/m1/s1. The van der Waals surface area contributed by atoms with Crippen LogP contribution in [0.2, 0.25) is 0 Å². The van der Waals surface area contributed by atoms with Gasteiger partial charge >= 0.3 is 6.18 Å². The smallest absolute Gasteiger partial charge is 0.389 e. The minimum Gasteiger partial charge on any atom is -0.390 e. The molecular weight excluding hydrogens is 311 g/mol. The Morgan fingerprint density at radius 3 is 2.83 bits per heavy atom. The van der Waals surface area contributed by atoms with E-state index in [0.29, 0.717) is 26.1 Å². The highest BCUT2D eigenvalue weighted by Gasteiger charge is 2.31. The fourth-order valence-corrected chi connectivity index (χ4v) is 2.56. The molecule has 5 nitrogen and oxygen atoms in total. The van der Waals surface area contributed by atoms with E-state index in [0.717, 1.165) is 5.69 Å². The van der Waals surface area contributed by atoms with E-state index in [1.54, 1.807) is 6.20 Å². The maximum absolute atomic E-state index is 12.1. The van der Waals surface area contributed by atoms with E-state index < -0.39 is 37.1 Å². The van der Waals surface area contributed by atoms with Crippen LogP contribution in [-0.4, -0.2) is 52.3 Å². The molecule has 1 saturated heterocycles. The van der Waals surface area contributed by atoms with Crippen molar-refractivity contribution in [1.82, 2.24) is 15.2 Å². The lowest BCUT2D eigenvalue weighted by molar-refractivity contribution is -0.145. The molecule has 1 amide bonds. The Kier molecular flexibility index (Phi) is 5.95. The van der Waals surface area contributed by atoms with Gasteiger partial charge in [0, 0.05) is 32.3 Å². The number of aliphatic hydroxyl groups excluding tert-OH is 1. The molecule has 1 aromatic rings. The second kappa shape index (κ2) is 7.74. The number of hydrogen-bond donors (Lipinski definition) is 2. The van der Waals surface area contributed by atoms with E-state index >= 15 is 0 Å². The Bertz CT molecular complexity index is 510. The number of amides is 1. The van der Waals surface area contributed by atoms with Crippen molar-refractivity contribution in [3.05, 3.63) is 30.1 Å². The lowest BCUT2D eigenvalue weighted by Gasteiger charge is -2.36. The number of aliphatic hydroxyl groups is 1. The summed E-state index contributed by atoms with van der Waals surface area (Å²) in [6.07, 6.45) is -4.72. The summed E-state index contributed by atoms with van der Waals surface area (Å²) in [5.41, 5.74) is 0.882. The van der Waals surface area contributed by atoms with Gasteiger partial charge in [-0.05, 0) is 18.6 Å². The molecule has 2 heterocycles. The number of nitrogens with one attached hydrogen (secondary N) is 1. The highest BCUT2D eigenvalue weighted by atomic mass is 19.4. The monoisotopic (exact) mass is 331 g/mol. The van der Waals surface area contributed by atoms with Gasteiger partial charge in [0.25, 0.3) is 0 Å². The molecule has 0 aliphatic carbocycles. The van der Waals surface area contributed by atoms with Gasteiger partial charge in [0.1, 0.15) is 0 Å². The maximum Gasteiger partial charge on any atom is 0.389 e. The number of β-amino-alcohol motifs (C(OH)–C–C–N with tert-alkyl or cyclic N) is 1. The molecule has 1 aliphatic rings. The Morgan fingerprint density at radius 2 is 2.22 bits per heavy atom. The first-order chi connectivity index (χ1) is 10.8. The van der Waals surface area contributed by atoms with Crippen LogP contribution in [-0.2, 0) is 11.3 Å². The molecule has 0 radical (unpaired) electrons. The molecule has 1 fully saturated rings. The van der Waals surface area contributed by atoms with Crippen LogP contribution in [0.15, 0.2) is 24.4 Å². The number of halogens is 3. The zero-order chi connectivity index (χ0) is 16.9. The van der Waals surface area contributed by atoms with Gasteiger partial charge in [0.15, 0.2) is 0 Å². The highest BCUT2D eigenvalue weighted by Crippen LogP contribution is 2.21. The van der Waals surface area contributed by atoms with Gasteiger partial charge in [0.05, 0.1) is 24.3 Å². The average molecular weight is 331 g/mol. The number of rotatable bonds is 5. The lowest BCUT2D eigenvalue weighted by Crippen LogP contribution is -2.53. The fraction of sp³-hybridized carbons (Fsp3) is 0.600.